The number of rotatable bonds is 5. The van der Waals surface area contributed by atoms with Crippen molar-refractivity contribution in [2.45, 2.75) is 20.4 Å². The summed E-state index contributed by atoms with van der Waals surface area (Å²) in [5, 5.41) is 3.26. The number of hydrogen-bond donors (Lipinski definition) is 1. The van der Waals surface area contributed by atoms with Crippen LogP contribution >= 0.6 is 11.6 Å². The van der Waals surface area contributed by atoms with E-state index in [0.717, 1.165) is 16.7 Å². The zero-order chi connectivity index (χ0) is 19.6. The molecule has 1 saturated heterocycles. The van der Waals surface area contributed by atoms with Crippen molar-refractivity contribution in [1.82, 2.24) is 8.61 Å². The Hall–Kier alpha value is -1.93. The molecule has 1 fully saturated rings. The van der Waals surface area contributed by atoms with Crippen LogP contribution < -0.4 is 5.32 Å². The van der Waals surface area contributed by atoms with Crippen molar-refractivity contribution in [1.29, 1.82) is 0 Å². The predicted octanol–water partition coefficient (Wildman–Crippen LogP) is 2.96. The smallest absolute Gasteiger partial charge is 0.282 e. The highest BCUT2D eigenvalue weighted by Crippen LogP contribution is 2.22. The third-order valence-electron chi connectivity index (χ3n) is 4.55. The van der Waals surface area contributed by atoms with E-state index < -0.39 is 10.2 Å². The van der Waals surface area contributed by atoms with E-state index >= 15 is 0 Å². The number of carbonyl (C=O) groups excluding carboxylic acids is 1. The molecular weight excluding hydrogens is 386 g/mol. The van der Waals surface area contributed by atoms with Gasteiger partial charge >= 0.3 is 0 Å². The monoisotopic (exact) mass is 407 g/mol. The Kier molecular flexibility index (Phi) is 5.86. The quantitative estimate of drug-likeness (QED) is 0.828. The van der Waals surface area contributed by atoms with Crippen LogP contribution in [0.2, 0.25) is 5.02 Å². The summed E-state index contributed by atoms with van der Waals surface area (Å²) in [7, 11) is -3.67. The van der Waals surface area contributed by atoms with E-state index in [4.69, 9.17) is 11.6 Å². The van der Waals surface area contributed by atoms with Gasteiger partial charge in [0.2, 0.25) is 5.91 Å². The average molecular weight is 408 g/mol. The van der Waals surface area contributed by atoms with Gasteiger partial charge in [0.1, 0.15) is 0 Å². The van der Waals surface area contributed by atoms with Crippen LogP contribution in [-0.4, -0.2) is 42.6 Å². The first-order chi connectivity index (χ1) is 12.8. The molecule has 0 spiro atoms. The van der Waals surface area contributed by atoms with Gasteiger partial charge in [0, 0.05) is 30.3 Å². The average Bonchev–Trinajstić information content (AvgIpc) is 2.87. The Labute approximate surface area is 164 Å². The molecule has 1 N–H and O–H groups in total. The van der Waals surface area contributed by atoms with Crippen LogP contribution in [0.3, 0.4) is 0 Å². The Balaban J connectivity index is 1.65. The van der Waals surface area contributed by atoms with Crippen molar-refractivity contribution in [3.05, 3.63) is 64.2 Å². The Morgan fingerprint density at radius 3 is 2.44 bits per heavy atom. The summed E-state index contributed by atoms with van der Waals surface area (Å²) in [6.07, 6.45) is 0. The number of amides is 1. The van der Waals surface area contributed by atoms with Crippen molar-refractivity contribution in [2.75, 3.05) is 25.0 Å². The number of aryl methyl sites for hydroxylation is 2. The molecule has 144 valence electrons. The third-order valence-corrected chi connectivity index (χ3v) is 6.73. The zero-order valence-electron chi connectivity index (χ0n) is 15.3. The molecule has 1 heterocycles. The Morgan fingerprint density at radius 2 is 1.74 bits per heavy atom. The number of benzene rings is 2. The molecule has 0 aliphatic carbocycles. The van der Waals surface area contributed by atoms with Crippen molar-refractivity contribution in [3.8, 4) is 0 Å². The topological polar surface area (TPSA) is 69.7 Å². The maximum absolute atomic E-state index is 12.8. The van der Waals surface area contributed by atoms with E-state index in [-0.39, 0.29) is 12.5 Å². The zero-order valence-corrected chi connectivity index (χ0v) is 16.8. The van der Waals surface area contributed by atoms with Crippen LogP contribution in [0.1, 0.15) is 16.7 Å². The van der Waals surface area contributed by atoms with Crippen LogP contribution in [0.4, 0.5) is 5.69 Å². The molecular formula is C19H22ClN3O3S. The van der Waals surface area contributed by atoms with Crippen molar-refractivity contribution in [2.24, 2.45) is 0 Å². The summed E-state index contributed by atoms with van der Waals surface area (Å²) in [6, 6.07) is 12.7. The van der Waals surface area contributed by atoms with Gasteiger partial charge in [-0.3, -0.25) is 4.79 Å². The molecule has 1 amide bonds. The number of nitrogens with one attached hydrogen (secondary N) is 1. The van der Waals surface area contributed by atoms with E-state index in [2.05, 4.69) is 5.32 Å². The summed E-state index contributed by atoms with van der Waals surface area (Å²) >= 11 is 5.82. The SMILES string of the molecule is Cc1ccc(C)c(CN2CCN(CC(=O)Nc3ccc(Cl)cc3)S2(=O)=O)c1. The molecule has 6 nitrogen and oxygen atoms in total. The lowest BCUT2D eigenvalue weighted by Crippen LogP contribution is -2.37. The van der Waals surface area contributed by atoms with E-state index in [9.17, 15) is 13.2 Å². The molecule has 2 aromatic carbocycles. The first-order valence-corrected chi connectivity index (χ1v) is 10.4. The summed E-state index contributed by atoms with van der Waals surface area (Å²) in [5.74, 6) is -0.380. The molecule has 0 atom stereocenters. The number of nitrogens with zero attached hydrogens (tertiary/aromatic N) is 2. The van der Waals surface area contributed by atoms with Crippen LogP contribution in [0.5, 0.6) is 0 Å². The molecule has 0 unspecified atom stereocenters. The lowest BCUT2D eigenvalue weighted by molar-refractivity contribution is -0.116. The summed E-state index contributed by atoms with van der Waals surface area (Å²) in [6.45, 7) is 4.70. The van der Waals surface area contributed by atoms with Gasteiger partial charge in [0.15, 0.2) is 0 Å². The first kappa shape index (κ1) is 19.8. The number of hydrogen-bond acceptors (Lipinski definition) is 3. The van der Waals surface area contributed by atoms with Gasteiger partial charge in [-0.2, -0.15) is 17.0 Å². The van der Waals surface area contributed by atoms with Gasteiger partial charge in [0.05, 0.1) is 6.54 Å². The van der Waals surface area contributed by atoms with Gasteiger partial charge < -0.3 is 5.32 Å². The second kappa shape index (κ2) is 7.98. The summed E-state index contributed by atoms with van der Waals surface area (Å²) in [5.41, 5.74) is 3.69. The highest BCUT2D eigenvalue weighted by Gasteiger charge is 2.37. The second-order valence-corrected chi connectivity index (χ2v) is 9.02. The third kappa shape index (κ3) is 4.68. The fraction of sp³-hybridized carbons (Fsp3) is 0.316. The van der Waals surface area contributed by atoms with E-state index in [0.29, 0.717) is 30.3 Å². The maximum atomic E-state index is 12.8. The van der Waals surface area contributed by atoms with Gasteiger partial charge in [-0.05, 0) is 49.2 Å². The maximum Gasteiger partial charge on any atom is 0.282 e. The Morgan fingerprint density at radius 1 is 1.07 bits per heavy atom. The van der Waals surface area contributed by atoms with Gasteiger partial charge in [0.25, 0.3) is 10.2 Å². The minimum Gasteiger partial charge on any atom is -0.325 e. The molecule has 0 saturated carbocycles. The Bertz CT molecular complexity index is 945. The van der Waals surface area contributed by atoms with E-state index in [1.807, 2.05) is 32.0 Å². The minimum atomic E-state index is -3.67. The molecule has 27 heavy (non-hydrogen) atoms. The normalized spacial score (nSPS) is 17.1. The van der Waals surface area contributed by atoms with Gasteiger partial charge in [-0.1, -0.05) is 35.4 Å². The molecule has 0 aromatic heterocycles. The first-order valence-electron chi connectivity index (χ1n) is 8.62. The summed E-state index contributed by atoms with van der Waals surface area (Å²) in [4.78, 5) is 12.2. The lowest BCUT2D eigenvalue weighted by Gasteiger charge is -2.19. The fourth-order valence-corrected chi connectivity index (χ4v) is 4.65. The molecule has 1 aliphatic heterocycles. The van der Waals surface area contributed by atoms with E-state index in [1.54, 1.807) is 24.3 Å². The van der Waals surface area contributed by atoms with Crippen LogP contribution in [0, 0.1) is 13.8 Å². The number of anilines is 1. The number of halogens is 1. The van der Waals surface area contributed by atoms with Gasteiger partial charge in [-0.15, -0.1) is 0 Å². The van der Waals surface area contributed by atoms with Crippen LogP contribution in [-0.2, 0) is 21.5 Å². The minimum absolute atomic E-state index is 0.214. The molecule has 1 aliphatic rings. The molecule has 8 heteroatoms. The standard InChI is InChI=1S/C19H22ClN3O3S/c1-14-3-4-15(2)16(11-14)12-22-9-10-23(27(22,25)26)13-19(24)21-18-7-5-17(20)6-8-18/h3-8,11H,9-10,12-13H2,1-2H3,(H,21,24). The molecule has 3 rings (SSSR count). The highest BCUT2D eigenvalue weighted by atomic mass is 35.5. The predicted molar refractivity (Wildman–Crippen MR) is 107 cm³/mol. The lowest BCUT2D eigenvalue weighted by atomic mass is 10.1. The van der Waals surface area contributed by atoms with Crippen LogP contribution in [0.25, 0.3) is 0 Å². The largest absolute Gasteiger partial charge is 0.325 e. The molecule has 0 bridgehead atoms. The molecule has 0 radical (unpaired) electrons. The highest BCUT2D eigenvalue weighted by molar-refractivity contribution is 7.87. The fourth-order valence-electron chi connectivity index (χ4n) is 2.99. The van der Waals surface area contributed by atoms with Gasteiger partial charge in [-0.25, -0.2) is 0 Å². The number of carbonyl (C=O) groups is 1. The van der Waals surface area contributed by atoms with E-state index in [1.165, 1.54) is 8.61 Å². The molecule has 2 aromatic rings. The van der Waals surface area contributed by atoms with Crippen molar-refractivity contribution in [3.63, 3.8) is 0 Å². The van der Waals surface area contributed by atoms with Crippen LogP contribution in [0.15, 0.2) is 42.5 Å². The van der Waals surface area contributed by atoms with Crippen molar-refractivity contribution < 1.29 is 13.2 Å². The van der Waals surface area contributed by atoms with Crippen molar-refractivity contribution >= 4 is 33.4 Å². The second-order valence-electron chi connectivity index (χ2n) is 6.66. The summed E-state index contributed by atoms with van der Waals surface area (Å²) < 4.78 is 28.2.